The van der Waals surface area contributed by atoms with Gasteiger partial charge in [-0.05, 0) is 29.2 Å². The molecule has 5 heteroatoms. The summed E-state index contributed by atoms with van der Waals surface area (Å²) >= 11 is 0. The van der Waals surface area contributed by atoms with Gasteiger partial charge in [-0.2, -0.15) is 0 Å². The summed E-state index contributed by atoms with van der Waals surface area (Å²) in [6.07, 6.45) is 1.56. The quantitative estimate of drug-likeness (QED) is 0.613. The van der Waals surface area contributed by atoms with Crippen LogP contribution >= 0.6 is 0 Å². The molecule has 0 radical (unpaired) electrons. The highest BCUT2D eigenvalue weighted by Gasteiger charge is 2.29. The Morgan fingerprint density at radius 1 is 0.828 bits per heavy atom. The van der Waals surface area contributed by atoms with Gasteiger partial charge in [0.2, 0.25) is 11.8 Å². The average Bonchev–Trinajstić information content (AvgIpc) is 3.25. The van der Waals surface area contributed by atoms with Crippen molar-refractivity contribution in [2.45, 2.75) is 32.4 Å². The fraction of sp³-hybridized carbons (Fsp3) is 0.250. The number of hydrogen-bond acceptors (Lipinski definition) is 3. The number of benzene rings is 2. The predicted octanol–water partition coefficient (Wildman–Crippen LogP) is 3.87. The van der Waals surface area contributed by atoms with Crippen molar-refractivity contribution in [3.05, 3.63) is 95.9 Å². The fourth-order valence-electron chi connectivity index (χ4n) is 3.26. The third-order valence-electron chi connectivity index (χ3n) is 4.79. The molecule has 0 aliphatic carbocycles. The highest BCUT2D eigenvalue weighted by atomic mass is 16.3. The van der Waals surface area contributed by atoms with Crippen LogP contribution in [0.5, 0.6) is 0 Å². The van der Waals surface area contributed by atoms with Crippen molar-refractivity contribution in [2.24, 2.45) is 5.92 Å². The number of rotatable bonds is 8. The molecule has 5 nitrogen and oxygen atoms in total. The highest BCUT2D eigenvalue weighted by molar-refractivity contribution is 5.92. The van der Waals surface area contributed by atoms with Crippen LogP contribution in [0.2, 0.25) is 0 Å². The van der Waals surface area contributed by atoms with Crippen molar-refractivity contribution < 1.29 is 14.0 Å². The van der Waals surface area contributed by atoms with E-state index >= 15 is 0 Å². The third-order valence-corrected chi connectivity index (χ3v) is 4.79. The van der Waals surface area contributed by atoms with Crippen LogP contribution in [0, 0.1) is 5.92 Å². The van der Waals surface area contributed by atoms with Crippen LogP contribution in [-0.4, -0.2) is 17.9 Å². The molecule has 0 aliphatic heterocycles. The minimum atomic E-state index is -0.646. The van der Waals surface area contributed by atoms with Crippen LogP contribution in [0.1, 0.15) is 36.7 Å². The SMILES string of the molecule is CC(C)[C@H](NC(=O)C(c1ccccc1)c1ccccc1)C(=O)NCc1ccco1. The summed E-state index contributed by atoms with van der Waals surface area (Å²) in [7, 11) is 0. The first-order chi connectivity index (χ1) is 14.1. The molecule has 29 heavy (non-hydrogen) atoms. The molecule has 3 aromatic rings. The van der Waals surface area contributed by atoms with Crippen molar-refractivity contribution >= 4 is 11.8 Å². The summed E-state index contributed by atoms with van der Waals surface area (Å²) in [6.45, 7) is 4.11. The molecular formula is C24H26N2O3. The summed E-state index contributed by atoms with van der Waals surface area (Å²) in [4.78, 5) is 26.0. The van der Waals surface area contributed by atoms with E-state index in [1.807, 2.05) is 74.5 Å². The van der Waals surface area contributed by atoms with Gasteiger partial charge >= 0.3 is 0 Å². The minimum absolute atomic E-state index is 0.0669. The van der Waals surface area contributed by atoms with Crippen LogP contribution < -0.4 is 10.6 Å². The first-order valence-electron chi connectivity index (χ1n) is 9.76. The number of nitrogens with one attached hydrogen (secondary N) is 2. The molecule has 0 saturated carbocycles. The second kappa shape index (κ2) is 9.73. The molecule has 1 aromatic heterocycles. The molecule has 0 bridgehead atoms. The van der Waals surface area contributed by atoms with Crippen LogP contribution in [0.3, 0.4) is 0 Å². The van der Waals surface area contributed by atoms with Gasteiger partial charge in [0.05, 0.1) is 18.7 Å². The lowest BCUT2D eigenvalue weighted by molar-refractivity contribution is -0.130. The minimum Gasteiger partial charge on any atom is -0.467 e. The van der Waals surface area contributed by atoms with E-state index < -0.39 is 12.0 Å². The normalized spacial score (nSPS) is 12.0. The summed E-state index contributed by atoms with van der Waals surface area (Å²) in [5, 5.41) is 5.80. The second-order valence-electron chi connectivity index (χ2n) is 7.28. The monoisotopic (exact) mass is 390 g/mol. The lowest BCUT2D eigenvalue weighted by Gasteiger charge is -2.25. The Balaban J connectivity index is 1.78. The number of furan rings is 1. The van der Waals surface area contributed by atoms with Crippen molar-refractivity contribution in [3.63, 3.8) is 0 Å². The van der Waals surface area contributed by atoms with Gasteiger partial charge < -0.3 is 15.1 Å². The highest BCUT2D eigenvalue weighted by Crippen LogP contribution is 2.25. The fourth-order valence-corrected chi connectivity index (χ4v) is 3.26. The van der Waals surface area contributed by atoms with Gasteiger partial charge in [0.25, 0.3) is 0 Å². The molecule has 1 heterocycles. The Labute approximate surface area is 171 Å². The van der Waals surface area contributed by atoms with Gasteiger partial charge in [-0.3, -0.25) is 9.59 Å². The first-order valence-corrected chi connectivity index (χ1v) is 9.76. The lowest BCUT2D eigenvalue weighted by atomic mass is 9.89. The lowest BCUT2D eigenvalue weighted by Crippen LogP contribution is -2.50. The number of carbonyl (C=O) groups is 2. The van der Waals surface area contributed by atoms with E-state index in [2.05, 4.69) is 10.6 Å². The zero-order valence-corrected chi connectivity index (χ0v) is 16.7. The van der Waals surface area contributed by atoms with E-state index in [1.165, 1.54) is 0 Å². The van der Waals surface area contributed by atoms with Crippen LogP contribution in [0.15, 0.2) is 83.5 Å². The summed E-state index contributed by atoms with van der Waals surface area (Å²) in [5.41, 5.74) is 1.77. The Hall–Kier alpha value is -3.34. The standard InChI is InChI=1S/C24H26N2O3/c1-17(2)22(24(28)25-16-20-14-9-15-29-20)26-23(27)21(18-10-5-3-6-11-18)19-12-7-4-8-13-19/h3-15,17,21-22H,16H2,1-2H3,(H,25,28)(H,26,27)/t22-/m0/s1. The molecule has 0 unspecified atom stereocenters. The molecule has 150 valence electrons. The Morgan fingerprint density at radius 2 is 1.41 bits per heavy atom. The average molecular weight is 390 g/mol. The van der Waals surface area contributed by atoms with Gasteiger partial charge in [-0.25, -0.2) is 0 Å². The largest absolute Gasteiger partial charge is 0.467 e. The molecule has 2 aromatic carbocycles. The van der Waals surface area contributed by atoms with Gasteiger partial charge in [0.1, 0.15) is 11.8 Å². The van der Waals surface area contributed by atoms with Crippen molar-refractivity contribution in [1.29, 1.82) is 0 Å². The summed E-state index contributed by atoms with van der Waals surface area (Å²) in [6, 6.07) is 22.1. The van der Waals surface area contributed by atoms with E-state index in [0.29, 0.717) is 5.76 Å². The van der Waals surface area contributed by atoms with Crippen LogP contribution in [-0.2, 0) is 16.1 Å². The van der Waals surface area contributed by atoms with Crippen LogP contribution in [0.25, 0.3) is 0 Å². The Morgan fingerprint density at radius 3 is 1.90 bits per heavy atom. The maximum Gasteiger partial charge on any atom is 0.243 e. The molecule has 0 fully saturated rings. The first kappa shape index (κ1) is 20.4. The Bertz CT molecular complexity index is 866. The Kier molecular flexibility index (Phi) is 6.85. The van der Waals surface area contributed by atoms with Crippen molar-refractivity contribution in [3.8, 4) is 0 Å². The smallest absolute Gasteiger partial charge is 0.243 e. The van der Waals surface area contributed by atoms with E-state index in [1.54, 1.807) is 18.4 Å². The van der Waals surface area contributed by atoms with Gasteiger partial charge in [-0.15, -0.1) is 0 Å². The van der Waals surface area contributed by atoms with Crippen molar-refractivity contribution in [1.82, 2.24) is 10.6 Å². The maximum atomic E-state index is 13.3. The third kappa shape index (κ3) is 5.35. The molecular weight excluding hydrogens is 364 g/mol. The van der Waals surface area contributed by atoms with Crippen LogP contribution in [0.4, 0.5) is 0 Å². The molecule has 2 N–H and O–H groups in total. The number of hydrogen-bond donors (Lipinski definition) is 2. The molecule has 3 rings (SSSR count). The molecule has 2 amide bonds. The summed E-state index contributed by atoms with van der Waals surface area (Å²) in [5.74, 6) is -0.322. The second-order valence-corrected chi connectivity index (χ2v) is 7.28. The number of carbonyl (C=O) groups excluding carboxylic acids is 2. The van der Waals surface area contributed by atoms with Gasteiger partial charge in [-0.1, -0.05) is 74.5 Å². The summed E-state index contributed by atoms with van der Waals surface area (Å²) < 4.78 is 5.26. The van der Waals surface area contributed by atoms with Crippen molar-refractivity contribution in [2.75, 3.05) is 0 Å². The van der Waals surface area contributed by atoms with Gasteiger partial charge in [0.15, 0.2) is 0 Å². The zero-order valence-electron chi connectivity index (χ0n) is 16.7. The van der Waals surface area contributed by atoms with E-state index in [4.69, 9.17) is 4.42 Å². The van der Waals surface area contributed by atoms with E-state index in [9.17, 15) is 9.59 Å². The molecule has 0 spiro atoms. The topological polar surface area (TPSA) is 71.3 Å². The number of amides is 2. The molecule has 1 atom stereocenters. The maximum absolute atomic E-state index is 13.3. The van der Waals surface area contributed by atoms with Gasteiger partial charge in [0, 0.05) is 0 Å². The molecule has 0 saturated heterocycles. The van der Waals surface area contributed by atoms with E-state index in [-0.39, 0.29) is 24.3 Å². The molecule has 0 aliphatic rings. The van der Waals surface area contributed by atoms with E-state index in [0.717, 1.165) is 11.1 Å². The zero-order chi connectivity index (χ0) is 20.6. The predicted molar refractivity (Wildman–Crippen MR) is 112 cm³/mol.